The summed E-state index contributed by atoms with van der Waals surface area (Å²) in [6.07, 6.45) is 0.905. The highest BCUT2D eigenvalue weighted by atomic mass is 32.2. The van der Waals surface area contributed by atoms with Gasteiger partial charge in [0, 0.05) is 18.3 Å². The molecule has 0 spiro atoms. The average Bonchev–Trinajstić information content (AvgIpc) is 2.15. The number of hydrogen-bond donors (Lipinski definition) is 1. The Morgan fingerprint density at radius 1 is 1.43 bits per heavy atom. The quantitative estimate of drug-likeness (QED) is 0.663. The van der Waals surface area contributed by atoms with Crippen molar-refractivity contribution in [1.29, 1.82) is 0 Å². The Bertz CT molecular complexity index is 239. The van der Waals surface area contributed by atoms with E-state index in [4.69, 9.17) is 5.73 Å². The van der Waals surface area contributed by atoms with Crippen LogP contribution in [0.3, 0.4) is 0 Å². The van der Waals surface area contributed by atoms with Crippen LogP contribution in [0.4, 0.5) is 0 Å². The largest absolute Gasteiger partial charge is 0.330 e. The van der Waals surface area contributed by atoms with Gasteiger partial charge in [-0.1, -0.05) is 6.92 Å². The Labute approximate surface area is 87.4 Å². The summed E-state index contributed by atoms with van der Waals surface area (Å²) in [7, 11) is -0.900. The van der Waals surface area contributed by atoms with E-state index in [0.29, 0.717) is 19.1 Å². The summed E-state index contributed by atoms with van der Waals surface area (Å²) in [5.41, 5.74) is 5.43. The summed E-state index contributed by atoms with van der Waals surface area (Å²) in [5, 5.41) is 0. The molecule has 1 atom stereocenters. The van der Waals surface area contributed by atoms with Crippen molar-refractivity contribution in [3.63, 3.8) is 0 Å². The predicted molar refractivity (Wildman–Crippen MR) is 60.1 cm³/mol. The van der Waals surface area contributed by atoms with Gasteiger partial charge in [0.25, 0.3) is 0 Å². The van der Waals surface area contributed by atoms with Gasteiger partial charge in [0.1, 0.15) is 0 Å². The molecule has 0 amide bonds. The summed E-state index contributed by atoms with van der Waals surface area (Å²) in [5.74, 6) is 0.473. The van der Waals surface area contributed by atoms with Gasteiger partial charge >= 0.3 is 0 Å². The van der Waals surface area contributed by atoms with E-state index in [1.807, 2.05) is 11.9 Å². The molecule has 4 nitrogen and oxygen atoms in total. The van der Waals surface area contributed by atoms with E-state index >= 15 is 0 Å². The molecule has 0 bridgehead atoms. The molecular weight excluding hydrogens is 200 g/mol. The Morgan fingerprint density at radius 3 is 2.43 bits per heavy atom. The van der Waals surface area contributed by atoms with E-state index in [9.17, 15) is 8.42 Å². The van der Waals surface area contributed by atoms with Crippen molar-refractivity contribution in [2.45, 2.75) is 26.3 Å². The zero-order chi connectivity index (χ0) is 11.2. The van der Waals surface area contributed by atoms with Crippen molar-refractivity contribution >= 4 is 9.84 Å². The fourth-order valence-corrected chi connectivity index (χ4v) is 1.96. The van der Waals surface area contributed by atoms with Crippen LogP contribution >= 0.6 is 0 Å². The Balaban J connectivity index is 3.90. The van der Waals surface area contributed by atoms with Gasteiger partial charge in [-0.15, -0.1) is 0 Å². The summed E-state index contributed by atoms with van der Waals surface area (Å²) in [6, 6.07) is 0.354. The second-order valence-electron chi connectivity index (χ2n) is 3.64. The molecule has 0 saturated heterocycles. The van der Waals surface area contributed by atoms with Crippen molar-refractivity contribution in [2.75, 3.05) is 31.6 Å². The standard InChI is InChI=1S/C9H22N2O2S/c1-4-14(12,13)8-7-11(3)9(2)5-6-10/h9H,4-8,10H2,1-3H3. The van der Waals surface area contributed by atoms with Gasteiger partial charge in [-0.3, -0.25) is 0 Å². The second kappa shape index (κ2) is 6.37. The van der Waals surface area contributed by atoms with Gasteiger partial charge in [-0.05, 0) is 26.9 Å². The van der Waals surface area contributed by atoms with Gasteiger partial charge in [0.2, 0.25) is 0 Å². The van der Waals surface area contributed by atoms with Crippen molar-refractivity contribution < 1.29 is 8.42 Å². The minimum atomic E-state index is -2.84. The molecule has 0 aliphatic carbocycles. The lowest BCUT2D eigenvalue weighted by Crippen LogP contribution is -2.35. The Kier molecular flexibility index (Phi) is 6.31. The molecule has 2 N–H and O–H groups in total. The average molecular weight is 222 g/mol. The molecular formula is C9H22N2O2S. The predicted octanol–water partition coefficient (Wildman–Crippen LogP) is 0.0902. The lowest BCUT2D eigenvalue weighted by atomic mass is 10.2. The summed E-state index contributed by atoms with van der Waals surface area (Å²) >= 11 is 0. The molecule has 0 saturated carbocycles. The van der Waals surface area contributed by atoms with Crippen LogP contribution < -0.4 is 5.73 Å². The third-order valence-electron chi connectivity index (χ3n) is 2.53. The van der Waals surface area contributed by atoms with E-state index < -0.39 is 9.84 Å². The van der Waals surface area contributed by atoms with Crippen molar-refractivity contribution in [1.82, 2.24) is 4.90 Å². The van der Waals surface area contributed by atoms with E-state index in [1.54, 1.807) is 6.92 Å². The molecule has 0 heterocycles. The van der Waals surface area contributed by atoms with E-state index in [1.165, 1.54) is 0 Å². The maximum Gasteiger partial charge on any atom is 0.151 e. The molecule has 86 valence electrons. The first-order valence-electron chi connectivity index (χ1n) is 5.03. The molecule has 0 rings (SSSR count). The van der Waals surface area contributed by atoms with Crippen LogP contribution in [0.1, 0.15) is 20.3 Å². The summed E-state index contributed by atoms with van der Waals surface area (Å²) < 4.78 is 22.5. The minimum absolute atomic E-state index is 0.228. The second-order valence-corrected chi connectivity index (χ2v) is 6.12. The van der Waals surface area contributed by atoms with E-state index in [2.05, 4.69) is 6.92 Å². The maximum absolute atomic E-state index is 11.2. The van der Waals surface area contributed by atoms with Crippen LogP contribution in [0.25, 0.3) is 0 Å². The van der Waals surface area contributed by atoms with Gasteiger partial charge in [0.05, 0.1) is 5.75 Å². The summed E-state index contributed by atoms with van der Waals surface area (Å²) in [6.45, 7) is 4.98. The monoisotopic (exact) mass is 222 g/mol. The SMILES string of the molecule is CCS(=O)(=O)CCN(C)C(C)CCN. The number of sulfone groups is 1. The molecule has 0 aromatic carbocycles. The molecule has 14 heavy (non-hydrogen) atoms. The third-order valence-corrected chi connectivity index (χ3v) is 4.22. The van der Waals surface area contributed by atoms with Gasteiger partial charge < -0.3 is 10.6 Å². The number of hydrogen-bond acceptors (Lipinski definition) is 4. The third kappa shape index (κ3) is 5.57. The Morgan fingerprint density at radius 2 is 2.00 bits per heavy atom. The number of rotatable bonds is 7. The first kappa shape index (κ1) is 13.9. The van der Waals surface area contributed by atoms with Gasteiger partial charge in [-0.25, -0.2) is 8.42 Å². The van der Waals surface area contributed by atoms with Crippen molar-refractivity contribution in [2.24, 2.45) is 5.73 Å². The summed E-state index contributed by atoms with van der Waals surface area (Å²) in [4.78, 5) is 2.04. The first-order valence-corrected chi connectivity index (χ1v) is 6.85. The maximum atomic E-state index is 11.2. The normalized spacial score (nSPS) is 14.6. The lowest BCUT2D eigenvalue weighted by Gasteiger charge is -2.23. The van der Waals surface area contributed by atoms with Crippen LogP contribution in [0.15, 0.2) is 0 Å². The van der Waals surface area contributed by atoms with Crippen LogP contribution in [-0.4, -0.2) is 51.0 Å². The van der Waals surface area contributed by atoms with Gasteiger partial charge in [0.15, 0.2) is 9.84 Å². The fourth-order valence-electron chi connectivity index (χ4n) is 1.11. The highest BCUT2D eigenvalue weighted by Gasteiger charge is 2.12. The van der Waals surface area contributed by atoms with Crippen molar-refractivity contribution in [3.05, 3.63) is 0 Å². The van der Waals surface area contributed by atoms with Crippen LogP contribution in [0.5, 0.6) is 0 Å². The van der Waals surface area contributed by atoms with Crippen LogP contribution in [0, 0.1) is 0 Å². The van der Waals surface area contributed by atoms with Crippen molar-refractivity contribution in [3.8, 4) is 0 Å². The van der Waals surface area contributed by atoms with Crippen LogP contribution in [-0.2, 0) is 9.84 Å². The first-order chi connectivity index (χ1) is 6.43. The Hall–Kier alpha value is -0.130. The van der Waals surface area contributed by atoms with E-state index in [0.717, 1.165) is 6.42 Å². The topological polar surface area (TPSA) is 63.4 Å². The molecule has 0 fully saturated rings. The lowest BCUT2D eigenvalue weighted by molar-refractivity contribution is 0.262. The number of nitrogens with two attached hydrogens (primary N) is 1. The molecule has 0 aromatic heterocycles. The molecule has 0 aromatic rings. The fraction of sp³-hybridized carbons (Fsp3) is 1.00. The minimum Gasteiger partial charge on any atom is -0.330 e. The van der Waals surface area contributed by atoms with Gasteiger partial charge in [-0.2, -0.15) is 0 Å². The highest BCUT2D eigenvalue weighted by molar-refractivity contribution is 7.91. The highest BCUT2D eigenvalue weighted by Crippen LogP contribution is 2.00. The number of nitrogens with zero attached hydrogens (tertiary/aromatic N) is 1. The molecule has 0 radical (unpaired) electrons. The zero-order valence-corrected chi connectivity index (χ0v) is 10.2. The van der Waals surface area contributed by atoms with E-state index in [-0.39, 0.29) is 11.5 Å². The smallest absolute Gasteiger partial charge is 0.151 e. The molecule has 5 heteroatoms. The zero-order valence-electron chi connectivity index (χ0n) is 9.36. The molecule has 0 aliphatic rings. The molecule has 1 unspecified atom stereocenters. The molecule has 0 aliphatic heterocycles. The van der Waals surface area contributed by atoms with Crippen LogP contribution in [0.2, 0.25) is 0 Å².